The molecule has 2 fully saturated rings. The van der Waals surface area contributed by atoms with Crippen LogP contribution in [0.4, 0.5) is 17.6 Å². The zero-order chi connectivity index (χ0) is 14.2. The summed E-state index contributed by atoms with van der Waals surface area (Å²) in [6.07, 6.45) is -3.16. The first-order valence-electron chi connectivity index (χ1n) is 7.35. The molecule has 2 aliphatic carbocycles. The van der Waals surface area contributed by atoms with Gasteiger partial charge in [0, 0.05) is 12.8 Å². The van der Waals surface area contributed by atoms with E-state index in [1.807, 2.05) is 13.8 Å². The number of alkyl halides is 4. The molecule has 0 N–H and O–H groups in total. The molecule has 0 aromatic rings. The molecule has 0 nitrogen and oxygen atoms in total. The maximum Gasteiger partial charge on any atom is 0.103 e. The molecule has 2 rings (SSSR count). The predicted molar refractivity (Wildman–Crippen MR) is 68.0 cm³/mol. The summed E-state index contributed by atoms with van der Waals surface area (Å²) in [4.78, 5) is 0. The van der Waals surface area contributed by atoms with Crippen molar-refractivity contribution in [1.82, 2.24) is 0 Å². The van der Waals surface area contributed by atoms with Gasteiger partial charge in [0.1, 0.15) is 24.7 Å². The summed E-state index contributed by atoms with van der Waals surface area (Å²) in [6, 6.07) is 0. The van der Waals surface area contributed by atoms with E-state index >= 15 is 0 Å². The van der Waals surface area contributed by atoms with Gasteiger partial charge in [-0.25, -0.2) is 17.6 Å². The summed E-state index contributed by atoms with van der Waals surface area (Å²) in [5.74, 6) is -0.234. The Morgan fingerprint density at radius 2 is 0.842 bits per heavy atom. The second kappa shape index (κ2) is 5.61. The smallest absolute Gasteiger partial charge is 0.103 e. The Labute approximate surface area is 112 Å². The third-order valence-corrected chi connectivity index (χ3v) is 5.29. The van der Waals surface area contributed by atoms with E-state index in [1.165, 1.54) is 0 Å². The monoisotopic (exact) mass is 280 g/mol. The van der Waals surface area contributed by atoms with Crippen LogP contribution in [0.1, 0.15) is 52.4 Å². The molecule has 0 bridgehead atoms. The van der Waals surface area contributed by atoms with E-state index < -0.39 is 30.1 Å². The minimum absolute atomic E-state index is 0.0191. The molecule has 0 aliphatic heterocycles. The van der Waals surface area contributed by atoms with Crippen molar-refractivity contribution in [2.24, 2.45) is 17.3 Å². The van der Waals surface area contributed by atoms with Crippen LogP contribution in [-0.2, 0) is 0 Å². The van der Waals surface area contributed by atoms with Crippen LogP contribution in [0, 0.1) is 17.3 Å². The highest BCUT2D eigenvalue weighted by Gasteiger charge is 2.45. The molecule has 112 valence electrons. The van der Waals surface area contributed by atoms with E-state index in [-0.39, 0.29) is 24.7 Å². The maximum atomic E-state index is 13.5. The van der Waals surface area contributed by atoms with E-state index in [0.29, 0.717) is 25.7 Å². The zero-order valence-electron chi connectivity index (χ0n) is 11.7. The summed E-state index contributed by atoms with van der Waals surface area (Å²) < 4.78 is 54.2. The Bertz CT molecular complexity index is 257. The standard InChI is InChI=1S/C15H24F4/c1-15(2,9-3-11(16)7-12(17)4-9)10-5-13(18)8-14(19)6-10/h9-14H,3-8H2,1-2H3. The summed E-state index contributed by atoms with van der Waals surface area (Å²) in [7, 11) is 0. The minimum atomic E-state index is -1.11. The van der Waals surface area contributed by atoms with Crippen molar-refractivity contribution in [2.75, 3.05) is 0 Å². The summed E-state index contributed by atoms with van der Waals surface area (Å²) >= 11 is 0. The summed E-state index contributed by atoms with van der Waals surface area (Å²) in [6.45, 7) is 3.86. The lowest BCUT2D eigenvalue weighted by Crippen LogP contribution is -2.42. The Balaban J connectivity index is 2.07. The zero-order valence-corrected chi connectivity index (χ0v) is 11.7. The number of halogens is 4. The molecule has 0 aromatic carbocycles. The number of hydrogen-bond acceptors (Lipinski definition) is 0. The summed E-state index contributed by atoms with van der Waals surface area (Å²) in [5, 5.41) is 0. The van der Waals surface area contributed by atoms with Gasteiger partial charge in [0.05, 0.1) is 0 Å². The normalized spacial score (nSPS) is 45.2. The van der Waals surface area contributed by atoms with Crippen LogP contribution in [0.25, 0.3) is 0 Å². The fourth-order valence-electron chi connectivity index (χ4n) is 3.92. The van der Waals surface area contributed by atoms with E-state index in [0.717, 1.165) is 0 Å². The van der Waals surface area contributed by atoms with Crippen molar-refractivity contribution in [2.45, 2.75) is 77.1 Å². The highest BCUT2D eigenvalue weighted by molar-refractivity contribution is 4.94. The SMILES string of the molecule is CC(C)(C1CC(F)CC(F)C1)C1CC(F)CC(F)C1. The van der Waals surface area contributed by atoms with Crippen LogP contribution in [0.2, 0.25) is 0 Å². The van der Waals surface area contributed by atoms with Gasteiger partial charge in [0.25, 0.3) is 0 Å². The molecule has 2 saturated carbocycles. The molecule has 2 aliphatic rings. The number of hydrogen-bond donors (Lipinski definition) is 0. The molecule has 4 unspecified atom stereocenters. The van der Waals surface area contributed by atoms with Gasteiger partial charge >= 0.3 is 0 Å². The second-order valence-corrected chi connectivity index (χ2v) is 7.02. The van der Waals surface area contributed by atoms with Gasteiger partial charge in [-0.2, -0.15) is 0 Å². The second-order valence-electron chi connectivity index (χ2n) is 7.02. The third-order valence-electron chi connectivity index (χ3n) is 5.29. The van der Waals surface area contributed by atoms with Crippen LogP contribution < -0.4 is 0 Å². The number of rotatable bonds is 2. The third kappa shape index (κ3) is 3.43. The van der Waals surface area contributed by atoms with E-state index in [4.69, 9.17) is 0 Å². The molecule has 0 saturated heterocycles. The first-order chi connectivity index (χ1) is 8.79. The highest BCUT2D eigenvalue weighted by atomic mass is 19.2. The van der Waals surface area contributed by atoms with E-state index in [1.54, 1.807) is 0 Å². The van der Waals surface area contributed by atoms with Gasteiger partial charge in [0.15, 0.2) is 0 Å². The Morgan fingerprint density at radius 1 is 0.579 bits per heavy atom. The molecule has 0 aromatic heterocycles. The van der Waals surface area contributed by atoms with Crippen molar-refractivity contribution in [3.05, 3.63) is 0 Å². The topological polar surface area (TPSA) is 0 Å². The van der Waals surface area contributed by atoms with Gasteiger partial charge in [-0.15, -0.1) is 0 Å². The van der Waals surface area contributed by atoms with E-state index in [9.17, 15) is 17.6 Å². The van der Waals surface area contributed by atoms with Gasteiger partial charge in [0.2, 0.25) is 0 Å². The largest absolute Gasteiger partial charge is 0.247 e. The molecule has 0 heterocycles. The molecule has 0 spiro atoms. The van der Waals surface area contributed by atoms with E-state index in [2.05, 4.69) is 0 Å². The maximum absolute atomic E-state index is 13.5. The Morgan fingerprint density at radius 3 is 1.11 bits per heavy atom. The van der Waals surface area contributed by atoms with Gasteiger partial charge < -0.3 is 0 Å². The Kier molecular flexibility index (Phi) is 4.46. The lowest BCUT2D eigenvalue weighted by Gasteiger charge is -2.46. The molecule has 0 radical (unpaired) electrons. The molecule has 19 heavy (non-hydrogen) atoms. The fourth-order valence-corrected chi connectivity index (χ4v) is 3.92. The summed E-state index contributed by atoms with van der Waals surface area (Å²) in [5.41, 5.74) is -0.399. The highest BCUT2D eigenvalue weighted by Crippen LogP contribution is 2.49. The van der Waals surface area contributed by atoms with Crippen molar-refractivity contribution >= 4 is 0 Å². The van der Waals surface area contributed by atoms with Gasteiger partial charge in [-0.05, 0) is 42.9 Å². The quantitative estimate of drug-likeness (QED) is 0.627. The molecule has 0 amide bonds. The predicted octanol–water partition coefficient (Wildman–Crippen LogP) is 4.97. The van der Waals surface area contributed by atoms with Crippen LogP contribution in [-0.4, -0.2) is 24.7 Å². The Hall–Kier alpha value is -0.280. The van der Waals surface area contributed by atoms with Crippen molar-refractivity contribution in [3.8, 4) is 0 Å². The van der Waals surface area contributed by atoms with Crippen LogP contribution in [0.15, 0.2) is 0 Å². The average molecular weight is 280 g/mol. The first-order valence-corrected chi connectivity index (χ1v) is 7.35. The van der Waals surface area contributed by atoms with Crippen molar-refractivity contribution in [1.29, 1.82) is 0 Å². The minimum Gasteiger partial charge on any atom is -0.247 e. The fraction of sp³-hybridized carbons (Fsp3) is 1.00. The average Bonchev–Trinajstić information content (AvgIpc) is 2.26. The van der Waals surface area contributed by atoms with Gasteiger partial charge in [-0.3, -0.25) is 0 Å². The van der Waals surface area contributed by atoms with Crippen molar-refractivity contribution in [3.63, 3.8) is 0 Å². The van der Waals surface area contributed by atoms with Crippen LogP contribution in [0.5, 0.6) is 0 Å². The molecule has 4 heteroatoms. The molecule has 4 atom stereocenters. The van der Waals surface area contributed by atoms with Crippen LogP contribution in [0.3, 0.4) is 0 Å². The first kappa shape index (κ1) is 15.1. The van der Waals surface area contributed by atoms with Gasteiger partial charge in [-0.1, -0.05) is 13.8 Å². The lowest BCUT2D eigenvalue weighted by molar-refractivity contribution is -0.0207. The van der Waals surface area contributed by atoms with Crippen molar-refractivity contribution < 1.29 is 17.6 Å². The molecular formula is C15H24F4. The molecular weight excluding hydrogens is 256 g/mol. The lowest BCUT2D eigenvalue weighted by atomic mass is 9.60. The van der Waals surface area contributed by atoms with Crippen LogP contribution >= 0.6 is 0 Å².